The molecule has 0 spiro atoms. The highest BCUT2D eigenvalue weighted by Crippen LogP contribution is 2.29. The van der Waals surface area contributed by atoms with Crippen molar-refractivity contribution in [1.29, 1.82) is 0 Å². The van der Waals surface area contributed by atoms with Gasteiger partial charge < -0.3 is 19.4 Å². The molecule has 0 aliphatic carbocycles. The van der Waals surface area contributed by atoms with Crippen molar-refractivity contribution in [3.63, 3.8) is 0 Å². The van der Waals surface area contributed by atoms with E-state index in [1.165, 1.54) is 6.39 Å². The lowest BCUT2D eigenvalue weighted by Crippen LogP contribution is -2.31. The van der Waals surface area contributed by atoms with Crippen LogP contribution in [0, 0.1) is 0 Å². The van der Waals surface area contributed by atoms with Crippen molar-refractivity contribution in [2.75, 3.05) is 18.1 Å². The maximum absolute atomic E-state index is 13.5. The van der Waals surface area contributed by atoms with E-state index < -0.39 is 5.91 Å². The molecule has 0 atom stereocenters. The van der Waals surface area contributed by atoms with E-state index in [0.29, 0.717) is 30.0 Å². The summed E-state index contributed by atoms with van der Waals surface area (Å²) in [4.78, 5) is 32.4. The summed E-state index contributed by atoms with van der Waals surface area (Å²) in [5.41, 5.74) is 2.68. The van der Waals surface area contributed by atoms with Gasteiger partial charge >= 0.3 is 0 Å². The maximum Gasteiger partial charge on any atom is 0.274 e. The number of ether oxygens (including phenoxy) is 1. The number of carbonyl (C=O) groups excluding carboxylic acids is 2. The average molecular weight is 470 g/mol. The van der Waals surface area contributed by atoms with Gasteiger partial charge in [0.05, 0.1) is 12.2 Å². The van der Waals surface area contributed by atoms with Crippen molar-refractivity contribution in [3.05, 3.63) is 102 Å². The molecular formula is C28H27N3O4. The molecule has 4 rings (SSSR count). The molecular weight excluding hydrogens is 442 g/mol. The van der Waals surface area contributed by atoms with Crippen LogP contribution in [0.25, 0.3) is 11.3 Å². The lowest BCUT2D eigenvalue weighted by atomic mass is 10.0. The Balaban J connectivity index is 1.60. The van der Waals surface area contributed by atoms with Crippen LogP contribution in [0.2, 0.25) is 0 Å². The van der Waals surface area contributed by atoms with Crippen molar-refractivity contribution >= 4 is 17.5 Å². The van der Waals surface area contributed by atoms with Crippen LogP contribution < -0.4 is 15.0 Å². The number of nitrogens with zero attached hydrogens (tertiary/aromatic N) is 2. The van der Waals surface area contributed by atoms with E-state index in [4.69, 9.17) is 9.15 Å². The SMILES string of the molecule is CCOc1ccccc1CNC(=O)c1ncoc1-c1ccccc1C(=O)N(CC)c1ccccc1. The molecule has 2 amide bonds. The predicted octanol–water partition coefficient (Wildman–Crippen LogP) is 5.34. The summed E-state index contributed by atoms with van der Waals surface area (Å²) in [7, 11) is 0. The number of benzene rings is 3. The molecule has 1 aromatic heterocycles. The summed E-state index contributed by atoms with van der Waals surface area (Å²) in [6, 6.07) is 24.1. The van der Waals surface area contributed by atoms with Gasteiger partial charge in [0.1, 0.15) is 5.75 Å². The molecule has 0 aliphatic heterocycles. The first-order valence-electron chi connectivity index (χ1n) is 11.5. The fraction of sp³-hybridized carbons (Fsp3) is 0.179. The third-order valence-corrected chi connectivity index (χ3v) is 5.53. The summed E-state index contributed by atoms with van der Waals surface area (Å²) < 4.78 is 11.3. The Morgan fingerprint density at radius 1 is 0.943 bits per heavy atom. The second-order valence-corrected chi connectivity index (χ2v) is 7.68. The molecule has 178 valence electrons. The minimum absolute atomic E-state index is 0.113. The molecule has 7 heteroatoms. The van der Waals surface area contributed by atoms with Crippen molar-refractivity contribution in [1.82, 2.24) is 10.3 Å². The van der Waals surface area contributed by atoms with E-state index >= 15 is 0 Å². The van der Waals surface area contributed by atoms with Crippen LogP contribution in [0.3, 0.4) is 0 Å². The third-order valence-electron chi connectivity index (χ3n) is 5.53. The summed E-state index contributed by atoms with van der Waals surface area (Å²) in [5.74, 6) is 0.362. The molecule has 35 heavy (non-hydrogen) atoms. The minimum Gasteiger partial charge on any atom is -0.494 e. The number of amides is 2. The number of hydrogen-bond donors (Lipinski definition) is 1. The standard InChI is InChI=1S/C28H27N3O4/c1-3-31(21-13-6-5-7-14-21)28(33)23-16-10-9-15-22(23)26-25(30-19-35-26)27(32)29-18-20-12-8-11-17-24(20)34-4-2/h5-17,19H,3-4,18H2,1-2H3,(H,29,32). The second kappa shape index (κ2) is 11.2. The van der Waals surface area contributed by atoms with Gasteiger partial charge in [-0.2, -0.15) is 0 Å². The highest BCUT2D eigenvalue weighted by molar-refractivity contribution is 6.11. The molecule has 0 bridgehead atoms. The number of hydrogen-bond acceptors (Lipinski definition) is 5. The molecule has 0 radical (unpaired) electrons. The normalized spacial score (nSPS) is 10.6. The van der Waals surface area contributed by atoms with Crippen LogP contribution in [-0.2, 0) is 6.54 Å². The fourth-order valence-corrected chi connectivity index (χ4v) is 3.87. The molecule has 0 saturated heterocycles. The number of anilines is 1. The monoisotopic (exact) mass is 469 g/mol. The van der Waals surface area contributed by atoms with E-state index in [-0.39, 0.29) is 23.9 Å². The van der Waals surface area contributed by atoms with E-state index in [2.05, 4.69) is 10.3 Å². The highest BCUT2D eigenvalue weighted by atomic mass is 16.5. The van der Waals surface area contributed by atoms with Crippen LogP contribution in [0.1, 0.15) is 40.3 Å². The van der Waals surface area contributed by atoms with Gasteiger partial charge in [0.25, 0.3) is 11.8 Å². The van der Waals surface area contributed by atoms with E-state index in [9.17, 15) is 9.59 Å². The molecule has 4 aromatic rings. The molecule has 0 saturated carbocycles. The Bertz CT molecular complexity index is 1300. The molecule has 0 fully saturated rings. The average Bonchev–Trinajstić information content (AvgIpc) is 3.39. The number of nitrogens with one attached hydrogen (secondary N) is 1. The number of para-hydroxylation sites is 2. The lowest BCUT2D eigenvalue weighted by Gasteiger charge is -2.22. The minimum atomic E-state index is -0.405. The van der Waals surface area contributed by atoms with E-state index in [1.54, 1.807) is 29.2 Å². The molecule has 1 N–H and O–H groups in total. The Morgan fingerprint density at radius 3 is 2.43 bits per heavy atom. The smallest absolute Gasteiger partial charge is 0.274 e. The van der Waals surface area contributed by atoms with Gasteiger partial charge in [0.15, 0.2) is 17.8 Å². The number of oxazole rings is 1. The number of rotatable bonds is 9. The quantitative estimate of drug-likeness (QED) is 0.358. The molecule has 7 nitrogen and oxygen atoms in total. The van der Waals surface area contributed by atoms with Crippen LogP contribution in [-0.4, -0.2) is 29.9 Å². The number of aromatic nitrogens is 1. The predicted molar refractivity (Wildman–Crippen MR) is 135 cm³/mol. The van der Waals surface area contributed by atoms with Gasteiger partial charge in [-0.05, 0) is 38.1 Å². The van der Waals surface area contributed by atoms with E-state index in [0.717, 1.165) is 11.3 Å². The first-order valence-corrected chi connectivity index (χ1v) is 11.5. The Labute approximate surface area is 204 Å². The summed E-state index contributed by atoms with van der Waals surface area (Å²) >= 11 is 0. The zero-order valence-corrected chi connectivity index (χ0v) is 19.7. The Hall–Kier alpha value is -4.39. The highest BCUT2D eigenvalue weighted by Gasteiger charge is 2.25. The number of carbonyl (C=O) groups is 2. The van der Waals surface area contributed by atoms with Gasteiger partial charge in [0.2, 0.25) is 0 Å². The Morgan fingerprint density at radius 2 is 1.66 bits per heavy atom. The third kappa shape index (κ3) is 5.24. The maximum atomic E-state index is 13.5. The van der Waals surface area contributed by atoms with E-state index in [1.807, 2.05) is 68.4 Å². The van der Waals surface area contributed by atoms with Crippen molar-refractivity contribution in [3.8, 4) is 17.1 Å². The summed E-state index contributed by atoms with van der Waals surface area (Å²) in [6.07, 6.45) is 1.22. The van der Waals surface area contributed by atoms with Gasteiger partial charge in [-0.1, -0.05) is 54.6 Å². The molecule has 3 aromatic carbocycles. The van der Waals surface area contributed by atoms with Crippen LogP contribution in [0.5, 0.6) is 5.75 Å². The Kier molecular flexibility index (Phi) is 7.57. The molecule has 0 unspecified atom stereocenters. The van der Waals surface area contributed by atoms with Gasteiger partial charge in [-0.15, -0.1) is 0 Å². The van der Waals surface area contributed by atoms with Crippen LogP contribution in [0.15, 0.2) is 89.7 Å². The molecule has 0 aliphatic rings. The van der Waals surface area contributed by atoms with Crippen LogP contribution in [0.4, 0.5) is 5.69 Å². The van der Waals surface area contributed by atoms with Crippen molar-refractivity contribution < 1.29 is 18.7 Å². The zero-order chi connectivity index (χ0) is 24.6. The van der Waals surface area contributed by atoms with Gasteiger partial charge in [-0.3, -0.25) is 9.59 Å². The summed E-state index contributed by atoms with van der Waals surface area (Å²) in [5, 5.41) is 2.88. The first-order chi connectivity index (χ1) is 17.1. The first kappa shape index (κ1) is 23.8. The zero-order valence-electron chi connectivity index (χ0n) is 19.7. The largest absolute Gasteiger partial charge is 0.494 e. The van der Waals surface area contributed by atoms with Crippen molar-refractivity contribution in [2.45, 2.75) is 20.4 Å². The fourth-order valence-electron chi connectivity index (χ4n) is 3.87. The van der Waals surface area contributed by atoms with Crippen LogP contribution >= 0.6 is 0 Å². The topological polar surface area (TPSA) is 84.7 Å². The summed E-state index contributed by atoms with van der Waals surface area (Å²) in [6.45, 7) is 5.11. The van der Waals surface area contributed by atoms with Gasteiger partial charge in [0, 0.05) is 29.9 Å². The van der Waals surface area contributed by atoms with Gasteiger partial charge in [-0.25, -0.2) is 4.98 Å². The molecule has 1 heterocycles. The lowest BCUT2D eigenvalue weighted by molar-refractivity contribution is 0.0944. The van der Waals surface area contributed by atoms with Crippen molar-refractivity contribution in [2.24, 2.45) is 0 Å². The second-order valence-electron chi connectivity index (χ2n) is 7.68.